The zero-order valence-corrected chi connectivity index (χ0v) is 15.9. The lowest BCUT2D eigenvalue weighted by Gasteiger charge is -2.08. The number of amides is 1. The minimum absolute atomic E-state index is 0.152. The summed E-state index contributed by atoms with van der Waals surface area (Å²) in [7, 11) is 0. The van der Waals surface area contributed by atoms with Crippen LogP contribution < -0.4 is 5.32 Å². The first-order chi connectivity index (χ1) is 13.1. The van der Waals surface area contributed by atoms with Gasteiger partial charge in [0, 0.05) is 10.9 Å². The monoisotopic (exact) mass is 398 g/mol. The summed E-state index contributed by atoms with van der Waals surface area (Å²) in [6.07, 6.45) is 0. The maximum absolute atomic E-state index is 13.0. The van der Waals surface area contributed by atoms with Crippen LogP contribution in [-0.4, -0.2) is 26.1 Å². The molecular formula is C19H15FN4OS2. The highest BCUT2D eigenvalue weighted by atomic mass is 32.2. The predicted octanol–water partition coefficient (Wildman–Crippen LogP) is 4.94. The molecule has 0 aliphatic heterocycles. The Balaban J connectivity index is 1.41. The number of para-hydroxylation sites is 2. The molecule has 27 heavy (non-hydrogen) atoms. The van der Waals surface area contributed by atoms with Crippen molar-refractivity contribution in [2.45, 2.75) is 17.3 Å². The molecule has 5 nitrogen and oxygen atoms in total. The van der Waals surface area contributed by atoms with E-state index in [2.05, 4.69) is 20.3 Å². The highest BCUT2D eigenvalue weighted by Crippen LogP contribution is 2.27. The average molecular weight is 398 g/mol. The molecule has 4 aromatic rings. The summed E-state index contributed by atoms with van der Waals surface area (Å²) in [5.41, 5.74) is 3.32. The second kappa shape index (κ2) is 7.50. The molecule has 0 spiro atoms. The van der Waals surface area contributed by atoms with Gasteiger partial charge in [-0.2, -0.15) is 0 Å². The van der Waals surface area contributed by atoms with Gasteiger partial charge in [-0.1, -0.05) is 23.9 Å². The van der Waals surface area contributed by atoms with Crippen LogP contribution in [0.25, 0.3) is 22.3 Å². The predicted molar refractivity (Wildman–Crippen MR) is 108 cm³/mol. The molecule has 0 bridgehead atoms. The van der Waals surface area contributed by atoms with Gasteiger partial charge in [0.2, 0.25) is 5.91 Å². The van der Waals surface area contributed by atoms with Crippen molar-refractivity contribution in [3.8, 4) is 11.3 Å². The van der Waals surface area contributed by atoms with Gasteiger partial charge < -0.3 is 10.3 Å². The fourth-order valence-electron chi connectivity index (χ4n) is 2.50. The molecule has 0 aliphatic rings. The lowest BCUT2D eigenvalue weighted by atomic mass is 10.2. The standard InChI is InChI=1S/C19H15FN4OS2/c1-11(27-19-21-14-4-2-3-5-15(14)22-19)17(25)24-18-23-16(10-26-18)12-6-8-13(20)9-7-12/h2-11H,1H3,(H,21,22)(H,23,24,25). The Kier molecular flexibility index (Phi) is 4.91. The van der Waals surface area contributed by atoms with E-state index < -0.39 is 0 Å². The molecule has 0 saturated carbocycles. The maximum Gasteiger partial charge on any atom is 0.239 e. The third kappa shape index (κ3) is 4.01. The van der Waals surface area contributed by atoms with E-state index in [0.29, 0.717) is 16.0 Å². The van der Waals surface area contributed by atoms with E-state index in [0.717, 1.165) is 16.6 Å². The number of carbonyl (C=O) groups excluding carboxylic acids is 1. The van der Waals surface area contributed by atoms with E-state index in [1.165, 1.54) is 35.2 Å². The Hall–Kier alpha value is -2.71. The van der Waals surface area contributed by atoms with E-state index >= 15 is 0 Å². The number of thiazole rings is 1. The first-order valence-electron chi connectivity index (χ1n) is 8.22. The lowest BCUT2D eigenvalue weighted by Crippen LogP contribution is -2.22. The normalized spacial score (nSPS) is 12.2. The molecule has 8 heteroatoms. The highest BCUT2D eigenvalue weighted by molar-refractivity contribution is 8.00. The van der Waals surface area contributed by atoms with Gasteiger partial charge in [-0.3, -0.25) is 4.79 Å². The number of benzene rings is 2. The number of hydrogen-bond donors (Lipinski definition) is 2. The Bertz CT molecular complexity index is 1060. The number of hydrogen-bond acceptors (Lipinski definition) is 5. The van der Waals surface area contributed by atoms with Crippen molar-refractivity contribution in [3.63, 3.8) is 0 Å². The zero-order chi connectivity index (χ0) is 18.8. The van der Waals surface area contributed by atoms with Crippen LogP contribution in [-0.2, 0) is 4.79 Å². The molecule has 1 atom stereocenters. The van der Waals surface area contributed by atoms with Crippen molar-refractivity contribution in [1.29, 1.82) is 0 Å². The molecule has 0 saturated heterocycles. The van der Waals surface area contributed by atoms with Crippen molar-refractivity contribution in [2.75, 3.05) is 5.32 Å². The van der Waals surface area contributed by atoms with E-state index in [1.54, 1.807) is 12.1 Å². The number of nitrogens with zero attached hydrogens (tertiary/aromatic N) is 2. The molecule has 136 valence electrons. The Labute approximate surface area is 163 Å². The molecule has 2 aromatic carbocycles. The van der Waals surface area contributed by atoms with Crippen LogP contribution in [0.3, 0.4) is 0 Å². The molecule has 1 unspecified atom stereocenters. The number of H-pyrrole nitrogens is 1. The Morgan fingerprint density at radius 2 is 1.96 bits per heavy atom. The van der Waals surface area contributed by atoms with Gasteiger partial charge in [0.15, 0.2) is 10.3 Å². The second-order valence-electron chi connectivity index (χ2n) is 5.85. The van der Waals surface area contributed by atoms with Crippen molar-refractivity contribution < 1.29 is 9.18 Å². The molecule has 2 aromatic heterocycles. The SMILES string of the molecule is CC(Sc1nc2ccccc2[nH]1)C(=O)Nc1nc(-c2ccc(F)cc2)cs1. The minimum Gasteiger partial charge on any atom is -0.333 e. The number of aromatic amines is 1. The van der Waals surface area contributed by atoms with Crippen LogP contribution in [0.15, 0.2) is 59.1 Å². The third-order valence-corrected chi connectivity index (χ3v) is 5.64. The number of fused-ring (bicyclic) bond motifs is 1. The summed E-state index contributed by atoms with van der Waals surface area (Å²) < 4.78 is 13.0. The number of thioether (sulfide) groups is 1. The number of carbonyl (C=O) groups is 1. The molecule has 0 aliphatic carbocycles. The van der Waals surface area contributed by atoms with Gasteiger partial charge in [-0.25, -0.2) is 14.4 Å². The molecule has 2 heterocycles. The van der Waals surface area contributed by atoms with Crippen molar-refractivity contribution >= 4 is 45.2 Å². The van der Waals surface area contributed by atoms with Gasteiger partial charge in [0.1, 0.15) is 5.82 Å². The third-order valence-electron chi connectivity index (χ3n) is 3.90. The molecular weight excluding hydrogens is 383 g/mol. The summed E-state index contributed by atoms with van der Waals surface area (Å²) in [6, 6.07) is 13.8. The molecule has 4 rings (SSSR count). The van der Waals surface area contributed by atoms with Crippen LogP contribution >= 0.6 is 23.1 Å². The number of aromatic nitrogens is 3. The number of anilines is 1. The number of imidazole rings is 1. The average Bonchev–Trinajstić information content (AvgIpc) is 3.28. The number of halogens is 1. The Morgan fingerprint density at radius 1 is 1.19 bits per heavy atom. The van der Waals surface area contributed by atoms with E-state index in [9.17, 15) is 9.18 Å². The van der Waals surface area contributed by atoms with Gasteiger partial charge in [-0.05, 0) is 43.3 Å². The number of rotatable bonds is 5. The lowest BCUT2D eigenvalue weighted by molar-refractivity contribution is -0.115. The fourth-order valence-corrected chi connectivity index (χ4v) is 4.04. The maximum atomic E-state index is 13.0. The van der Waals surface area contributed by atoms with Gasteiger partial charge in [0.25, 0.3) is 0 Å². The molecule has 2 N–H and O–H groups in total. The van der Waals surface area contributed by atoms with Crippen molar-refractivity contribution in [1.82, 2.24) is 15.0 Å². The van der Waals surface area contributed by atoms with E-state index in [1.807, 2.05) is 36.6 Å². The zero-order valence-electron chi connectivity index (χ0n) is 14.3. The van der Waals surface area contributed by atoms with Crippen LogP contribution in [0.1, 0.15) is 6.92 Å². The van der Waals surface area contributed by atoms with Gasteiger partial charge in [0.05, 0.1) is 22.0 Å². The first kappa shape index (κ1) is 17.7. The van der Waals surface area contributed by atoms with E-state index in [-0.39, 0.29) is 17.0 Å². The quantitative estimate of drug-likeness (QED) is 0.467. The molecule has 0 fully saturated rings. The van der Waals surface area contributed by atoms with Gasteiger partial charge in [-0.15, -0.1) is 11.3 Å². The smallest absolute Gasteiger partial charge is 0.239 e. The largest absolute Gasteiger partial charge is 0.333 e. The van der Waals surface area contributed by atoms with Crippen LogP contribution in [0.4, 0.5) is 9.52 Å². The highest BCUT2D eigenvalue weighted by Gasteiger charge is 2.18. The van der Waals surface area contributed by atoms with Crippen LogP contribution in [0.2, 0.25) is 0 Å². The first-order valence-corrected chi connectivity index (χ1v) is 9.98. The van der Waals surface area contributed by atoms with Crippen LogP contribution in [0, 0.1) is 5.82 Å². The topological polar surface area (TPSA) is 70.7 Å². The fraction of sp³-hybridized carbons (Fsp3) is 0.105. The summed E-state index contributed by atoms with van der Waals surface area (Å²) in [5, 5.41) is 5.53. The Morgan fingerprint density at radius 3 is 2.74 bits per heavy atom. The summed E-state index contributed by atoms with van der Waals surface area (Å²) in [4.78, 5) is 24.6. The second-order valence-corrected chi connectivity index (χ2v) is 8.04. The summed E-state index contributed by atoms with van der Waals surface area (Å²) >= 11 is 2.69. The van der Waals surface area contributed by atoms with Crippen molar-refractivity contribution in [3.05, 3.63) is 59.7 Å². The summed E-state index contributed by atoms with van der Waals surface area (Å²) in [5.74, 6) is -0.445. The van der Waals surface area contributed by atoms with Crippen molar-refractivity contribution in [2.24, 2.45) is 0 Å². The minimum atomic E-state index is -0.344. The van der Waals surface area contributed by atoms with Crippen LogP contribution in [0.5, 0.6) is 0 Å². The molecule has 1 amide bonds. The number of nitrogens with one attached hydrogen (secondary N) is 2. The van der Waals surface area contributed by atoms with Gasteiger partial charge >= 0.3 is 0 Å². The van der Waals surface area contributed by atoms with E-state index in [4.69, 9.17) is 0 Å². The molecule has 0 radical (unpaired) electrons. The summed E-state index contributed by atoms with van der Waals surface area (Å²) in [6.45, 7) is 1.82.